The monoisotopic (exact) mass is 224 g/mol. The molecule has 3 heteroatoms. The number of carbonyl (C=O) groups is 1. The van der Waals surface area contributed by atoms with Crippen LogP contribution in [0.5, 0.6) is 0 Å². The summed E-state index contributed by atoms with van der Waals surface area (Å²) in [5.74, 6) is -0.892. The molecule has 0 aromatic heterocycles. The second kappa shape index (κ2) is 4.63. The van der Waals surface area contributed by atoms with E-state index in [2.05, 4.69) is 6.07 Å². The third-order valence-electron chi connectivity index (χ3n) is 1.19. The van der Waals surface area contributed by atoms with Crippen LogP contribution in [-0.2, 0) is 32.7 Å². The van der Waals surface area contributed by atoms with E-state index in [0.29, 0.717) is 5.56 Å². The van der Waals surface area contributed by atoms with E-state index in [-0.39, 0.29) is 32.7 Å². The molecule has 55 valence electrons. The number of hydrogen-bond donors (Lipinski definition) is 1. The van der Waals surface area contributed by atoms with E-state index in [1.54, 1.807) is 12.1 Å². The van der Waals surface area contributed by atoms with Gasteiger partial charge >= 0.3 is 5.97 Å². The molecule has 0 heterocycles. The molecule has 0 unspecified atom stereocenters. The Morgan fingerprint density at radius 3 is 2.64 bits per heavy atom. The normalized spacial score (nSPS) is 8.45. The first kappa shape index (κ1) is 10.8. The van der Waals surface area contributed by atoms with E-state index in [1.807, 2.05) is 6.92 Å². The first-order valence-electron chi connectivity index (χ1n) is 2.92. The van der Waals surface area contributed by atoms with Gasteiger partial charge in [0, 0.05) is 32.7 Å². The average Bonchev–Trinajstić information content (AvgIpc) is 1.88. The van der Waals surface area contributed by atoms with E-state index >= 15 is 0 Å². The van der Waals surface area contributed by atoms with Gasteiger partial charge in [0.25, 0.3) is 0 Å². The van der Waals surface area contributed by atoms with E-state index in [9.17, 15) is 4.79 Å². The number of aromatic carboxylic acids is 1. The van der Waals surface area contributed by atoms with Crippen molar-refractivity contribution in [3.63, 3.8) is 0 Å². The van der Waals surface area contributed by atoms with E-state index in [0.717, 1.165) is 5.56 Å². The van der Waals surface area contributed by atoms with Crippen molar-refractivity contribution in [3.8, 4) is 0 Å². The SMILES string of the molecule is Cc1[c-]ccc(C(=O)O)c1.[Y]. The summed E-state index contributed by atoms with van der Waals surface area (Å²) in [5.41, 5.74) is 1.16. The Morgan fingerprint density at radius 1 is 1.64 bits per heavy atom. The van der Waals surface area contributed by atoms with Crippen molar-refractivity contribution in [2.45, 2.75) is 6.92 Å². The van der Waals surface area contributed by atoms with Crippen LogP contribution >= 0.6 is 0 Å². The number of carboxylic acid groups (broad SMARTS) is 1. The van der Waals surface area contributed by atoms with Gasteiger partial charge in [-0.3, -0.25) is 0 Å². The summed E-state index contributed by atoms with van der Waals surface area (Å²) >= 11 is 0. The van der Waals surface area contributed by atoms with Crippen molar-refractivity contribution in [1.82, 2.24) is 0 Å². The molecule has 0 atom stereocenters. The molecule has 1 aromatic rings. The largest absolute Gasteiger partial charge is 0.479 e. The average molecular weight is 224 g/mol. The zero-order valence-electron chi connectivity index (χ0n) is 6.16. The van der Waals surface area contributed by atoms with Crippen LogP contribution < -0.4 is 0 Å². The molecule has 2 nitrogen and oxygen atoms in total. The Balaban J connectivity index is 0.000001000. The maximum absolute atomic E-state index is 10.3. The summed E-state index contributed by atoms with van der Waals surface area (Å²) < 4.78 is 0. The summed E-state index contributed by atoms with van der Waals surface area (Å²) in [6, 6.07) is 7.58. The zero-order chi connectivity index (χ0) is 7.56. The smallest absolute Gasteiger partial charge is 0.311 e. The van der Waals surface area contributed by atoms with Crippen LogP contribution in [0.4, 0.5) is 0 Å². The van der Waals surface area contributed by atoms with E-state index in [1.165, 1.54) is 6.07 Å². The molecule has 0 aliphatic carbocycles. The van der Waals surface area contributed by atoms with Crippen LogP contribution in [0.15, 0.2) is 18.2 Å². The first-order chi connectivity index (χ1) is 4.70. The molecule has 0 saturated carbocycles. The Morgan fingerprint density at radius 2 is 2.27 bits per heavy atom. The first-order valence-corrected chi connectivity index (χ1v) is 2.92. The Hall–Kier alpha value is -0.206. The van der Waals surface area contributed by atoms with Gasteiger partial charge in [-0.2, -0.15) is 29.8 Å². The molecule has 1 rings (SSSR count). The van der Waals surface area contributed by atoms with Crippen LogP contribution in [0, 0.1) is 13.0 Å². The van der Waals surface area contributed by atoms with Gasteiger partial charge in [-0.25, -0.2) is 4.79 Å². The number of carboxylic acids is 1. The zero-order valence-corrected chi connectivity index (χ0v) is 9.00. The predicted molar refractivity (Wildman–Crippen MR) is 37.0 cm³/mol. The number of rotatable bonds is 1. The maximum Gasteiger partial charge on any atom is 0.311 e. The summed E-state index contributed by atoms with van der Waals surface area (Å²) in [6.45, 7) is 1.81. The van der Waals surface area contributed by atoms with Crippen molar-refractivity contribution in [2.75, 3.05) is 0 Å². The third kappa shape index (κ3) is 3.13. The molecule has 0 aliphatic heterocycles. The van der Waals surface area contributed by atoms with Crippen molar-refractivity contribution < 1.29 is 42.6 Å². The quantitative estimate of drug-likeness (QED) is 0.733. The molecule has 0 aliphatic rings. The van der Waals surface area contributed by atoms with Gasteiger partial charge in [-0.05, 0) is 5.56 Å². The van der Waals surface area contributed by atoms with Crippen LogP contribution in [-0.4, -0.2) is 11.1 Å². The summed E-state index contributed by atoms with van der Waals surface area (Å²) in [4.78, 5) is 10.3. The van der Waals surface area contributed by atoms with Crippen molar-refractivity contribution >= 4 is 5.97 Å². The Bertz CT molecular complexity index is 258. The van der Waals surface area contributed by atoms with Gasteiger partial charge in [0.15, 0.2) is 0 Å². The van der Waals surface area contributed by atoms with Crippen LogP contribution in [0.2, 0.25) is 0 Å². The fourth-order valence-corrected chi connectivity index (χ4v) is 0.719. The molecule has 0 saturated heterocycles. The van der Waals surface area contributed by atoms with Gasteiger partial charge in [0.1, 0.15) is 0 Å². The molecule has 0 fully saturated rings. The predicted octanol–water partition coefficient (Wildman–Crippen LogP) is 1.49. The third-order valence-corrected chi connectivity index (χ3v) is 1.19. The van der Waals surface area contributed by atoms with Crippen molar-refractivity contribution in [1.29, 1.82) is 0 Å². The maximum atomic E-state index is 10.3. The summed E-state index contributed by atoms with van der Waals surface area (Å²) in [5, 5.41) is 8.50. The fraction of sp³-hybridized carbons (Fsp3) is 0.125. The molecule has 0 amide bonds. The second-order valence-corrected chi connectivity index (χ2v) is 2.07. The molecule has 0 spiro atoms. The molecular weight excluding hydrogens is 217 g/mol. The Kier molecular flexibility index (Phi) is 4.54. The number of aryl methyl sites for hydroxylation is 1. The minimum Gasteiger partial charge on any atom is -0.479 e. The Labute approximate surface area is 90.5 Å². The number of benzene rings is 1. The van der Waals surface area contributed by atoms with E-state index in [4.69, 9.17) is 5.11 Å². The second-order valence-electron chi connectivity index (χ2n) is 2.07. The molecule has 0 bridgehead atoms. The van der Waals surface area contributed by atoms with Gasteiger partial charge in [-0.1, -0.05) is 6.92 Å². The molecule has 11 heavy (non-hydrogen) atoms. The summed E-state index contributed by atoms with van der Waals surface area (Å²) in [7, 11) is 0. The van der Waals surface area contributed by atoms with Crippen molar-refractivity contribution in [3.05, 3.63) is 35.4 Å². The fourth-order valence-electron chi connectivity index (χ4n) is 0.719. The molecule has 1 N–H and O–H groups in total. The standard InChI is InChI=1S/C8H7O2.Y/c1-6-3-2-4-7(5-6)8(9)10;/h2,4-5H,1H3,(H,9,10);/q-1;. The number of hydrogen-bond acceptors (Lipinski definition) is 1. The molecular formula is C8H7O2Y-. The van der Waals surface area contributed by atoms with Gasteiger partial charge in [0.05, 0.1) is 0 Å². The van der Waals surface area contributed by atoms with Gasteiger partial charge in [-0.15, -0.1) is 0 Å². The minimum atomic E-state index is -0.892. The van der Waals surface area contributed by atoms with Crippen LogP contribution in [0.25, 0.3) is 0 Å². The van der Waals surface area contributed by atoms with Crippen LogP contribution in [0.1, 0.15) is 15.9 Å². The van der Waals surface area contributed by atoms with Crippen molar-refractivity contribution in [2.24, 2.45) is 0 Å². The van der Waals surface area contributed by atoms with Gasteiger partial charge in [0.2, 0.25) is 0 Å². The molecule has 1 aromatic carbocycles. The van der Waals surface area contributed by atoms with Gasteiger partial charge < -0.3 is 5.11 Å². The van der Waals surface area contributed by atoms with E-state index < -0.39 is 5.97 Å². The minimum absolute atomic E-state index is 0. The molecule has 1 radical (unpaired) electrons. The topological polar surface area (TPSA) is 37.3 Å². The van der Waals surface area contributed by atoms with Crippen LogP contribution in [0.3, 0.4) is 0 Å². The summed E-state index contributed by atoms with van der Waals surface area (Å²) in [6.07, 6.45) is 0.